The standard InChI is InChI=1S/C25H30ClN5O4/c1-15(24(33)30-6-8-34-9-7-30)31-14-25(2,3)35-13-21(31)23(32)29-19-11-16(26)10-18-17-4-5-27-12-20(17)28-22(18)19/h4-5,10-12,15,21,28H,6-9,13-14H2,1-3H3,(H,29,32)/t15-,21+/m1/s1. The predicted molar refractivity (Wildman–Crippen MR) is 135 cm³/mol. The minimum Gasteiger partial charge on any atom is -0.378 e. The fourth-order valence-corrected chi connectivity index (χ4v) is 5.17. The minimum absolute atomic E-state index is 0.00272. The van der Waals surface area contributed by atoms with Gasteiger partial charge < -0.3 is 24.7 Å². The van der Waals surface area contributed by atoms with Crippen molar-refractivity contribution in [3.8, 4) is 0 Å². The predicted octanol–water partition coefficient (Wildman–Crippen LogP) is 3.03. The smallest absolute Gasteiger partial charge is 0.244 e. The van der Waals surface area contributed by atoms with Gasteiger partial charge in [-0.2, -0.15) is 0 Å². The van der Waals surface area contributed by atoms with E-state index in [9.17, 15) is 9.59 Å². The van der Waals surface area contributed by atoms with Gasteiger partial charge in [0.2, 0.25) is 11.8 Å². The topological polar surface area (TPSA) is 99.8 Å². The summed E-state index contributed by atoms with van der Waals surface area (Å²) >= 11 is 6.42. The van der Waals surface area contributed by atoms with E-state index in [0.29, 0.717) is 43.6 Å². The van der Waals surface area contributed by atoms with E-state index in [-0.39, 0.29) is 18.4 Å². The molecule has 9 nitrogen and oxygen atoms in total. The maximum atomic E-state index is 13.6. The Balaban J connectivity index is 1.43. The average molecular weight is 500 g/mol. The number of pyridine rings is 1. The van der Waals surface area contributed by atoms with Crippen LogP contribution >= 0.6 is 11.6 Å². The van der Waals surface area contributed by atoms with Crippen molar-refractivity contribution in [1.29, 1.82) is 0 Å². The van der Waals surface area contributed by atoms with E-state index in [4.69, 9.17) is 21.1 Å². The van der Waals surface area contributed by atoms with Gasteiger partial charge in [-0.15, -0.1) is 0 Å². The first-order chi connectivity index (χ1) is 16.7. The molecule has 0 unspecified atom stereocenters. The summed E-state index contributed by atoms with van der Waals surface area (Å²) in [5.41, 5.74) is 1.72. The molecule has 4 heterocycles. The van der Waals surface area contributed by atoms with Gasteiger partial charge in [0.05, 0.1) is 54.4 Å². The van der Waals surface area contributed by atoms with E-state index in [0.717, 1.165) is 21.8 Å². The van der Waals surface area contributed by atoms with Crippen molar-refractivity contribution in [1.82, 2.24) is 19.8 Å². The third-order valence-electron chi connectivity index (χ3n) is 6.81. The zero-order chi connectivity index (χ0) is 24.7. The molecule has 1 aromatic carbocycles. The number of hydrogen-bond donors (Lipinski definition) is 2. The Morgan fingerprint density at radius 3 is 2.80 bits per heavy atom. The molecule has 0 aliphatic carbocycles. The highest BCUT2D eigenvalue weighted by Crippen LogP contribution is 2.34. The van der Waals surface area contributed by atoms with Crippen LogP contribution in [0.25, 0.3) is 21.8 Å². The number of aromatic nitrogens is 2. The average Bonchev–Trinajstić information content (AvgIpc) is 3.22. The Hall–Kier alpha value is -2.72. The maximum Gasteiger partial charge on any atom is 0.244 e. The van der Waals surface area contributed by atoms with Crippen molar-refractivity contribution >= 4 is 50.9 Å². The lowest BCUT2D eigenvalue weighted by Crippen LogP contribution is -2.63. The number of carbonyl (C=O) groups is 2. The van der Waals surface area contributed by atoms with Crippen molar-refractivity contribution in [2.24, 2.45) is 0 Å². The highest BCUT2D eigenvalue weighted by atomic mass is 35.5. The number of amides is 2. The highest BCUT2D eigenvalue weighted by molar-refractivity contribution is 6.33. The van der Waals surface area contributed by atoms with Gasteiger partial charge in [0.25, 0.3) is 0 Å². The van der Waals surface area contributed by atoms with Crippen LogP contribution in [0.1, 0.15) is 20.8 Å². The van der Waals surface area contributed by atoms with E-state index in [2.05, 4.69) is 15.3 Å². The Morgan fingerprint density at radius 1 is 1.26 bits per heavy atom. The Bertz CT molecular complexity index is 1270. The number of hydrogen-bond acceptors (Lipinski definition) is 6. The largest absolute Gasteiger partial charge is 0.378 e. The van der Waals surface area contributed by atoms with Crippen molar-refractivity contribution in [3.63, 3.8) is 0 Å². The van der Waals surface area contributed by atoms with Crippen molar-refractivity contribution in [3.05, 3.63) is 35.6 Å². The monoisotopic (exact) mass is 499 g/mol. The van der Waals surface area contributed by atoms with Gasteiger partial charge in [-0.1, -0.05) is 11.6 Å². The summed E-state index contributed by atoms with van der Waals surface area (Å²) < 4.78 is 11.4. The molecule has 2 saturated heterocycles. The second-order valence-electron chi connectivity index (χ2n) is 9.78. The van der Waals surface area contributed by atoms with Crippen molar-refractivity contribution in [2.75, 3.05) is 44.8 Å². The molecule has 2 aliphatic rings. The van der Waals surface area contributed by atoms with Crippen LogP contribution in [0.2, 0.25) is 5.02 Å². The first-order valence-electron chi connectivity index (χ1n) is 11.9. The highest BCUT2D eigenvalue weighted by Gasteiger charge is 2.42. The number of aromatic amines is 1. The number of ether oxygens (including phenoxy) is 2. The van der Waals surface area contributed by atoms with Crippen LogP contribution in [0.5, 0.6) is 0 Å². The van der Waals surface area contributed by atoms with Gasteiger partial charge >= 0.3 is 0 Å². The third kappa shape index (κ3) is 4.73. The number of nitrogens with zero attached hydrogens (tertiary/aromatic N) is 3. The normalized spacial score (nSPS) is 21.8. The molecule has 0 saturated carbocycles. The fraction of sp³-hybridized carbons (Fsp3) is 0.480. The molecule has 2 amide bonds. The van der Waals surface area contributed by atoms with E-state index < -0.39 is 17.7 Å². The van der Waals surface area contributed by atoms with E-state index >= 15 is 0 Å². The van der Waals surface area contributed by atoms with Gasteiger partial charge in [-0.25, -0.2) is 0 Å². The van der Waals surface area contributed by atoms with Crippen LogP contribution in [-0.2, 0) is 19.1 Å². The number of fused-ring (bicyclic) bond motifs is 3. The number of carbonyl (C=O) groups excluding carboxylic acids is 2. The number of halogens is 1. The van der Waals surface area contributed by atoms with E-state index in [1.165, 1.54) is 0 Å². The van der Waals surface area contributed by atoms with Gasteiger partial charge in [-0.3, -0.25) is 19.5 Å². The summed E-state index contributed by atoms with van der Waals surface area (Å²) in [4.78, 5) is 38.2. The summed E-state index contributed by atoms with van der Waals surface area (Å²) in [5, 5.41) is 5.43. The zero-order valence-corrected chi connectivity index (χ0v) is 20.9. The molecule has 10 heteroatoms. The minimum atomic E-state index is -0.636. The second-order valence-corrected chi connectivity index (χ2v) is 10.2. The van der Waals surface area contributed by atoms with Crippen LogP contribution in [0.4, 0.5) is 5.69 Å². The van der Waals surface area contributed by atoms with E-state index in [1.807, 2.05) is 42.7 Å². The lowest BCUT2D eigenvalue weighted by atomic mass is 10.0. The van der Waals surface area contributed by atoms with Crippen molar-refractivity contribution in [2.45, 2.75) is 38.5 Å². The molecule has 2 atom stereocenters. The third-order valence-corrected chi connectivity index (χ3v) is 7.03. The SMILES string of the molecule is C[C@H](C(=O)N1CCOCC1)N1CC(C)(C)OC[C@H]1C(=O)Nc1cc(Cl)cc2c1[nH]c1cnccc12. The molecular formula is C25H30ClN5O4. The molecule has 186 valence electrons. The van der Waals surface area contributed by atoms with Gasteiger partial charge in [-0.05, 0) is 39.0 Å². The van der Waals surface area contributed by atoms with Gasteiger partial charge in [0.15, 0.2) is 0 Å². The summed E-state index contributed by atoms with van der Waals surface area (Å²) in [6.45, 7) is 8.61. The van der Waals surface area contributed by atoms with Gasteiger partial charge in [0.1, 0.15) is 6.04 Å². The lowest BCUT2D eigenvalue weighted by molar-refractivity contribution is -0.159. The number of rotatable bonds is 4. The van der Waals surface area contributed by atoms with Gasteiger partial charge in [0, 0.05) is 41.6 Å². The quantitative estimate of drug-likeness (QED) is 0.572. The first kappa shape index (κ1) is 24.0. The molecule has 2 aromatic heterocycles. The first-order valence-corrected chi connectivity index (χ1v) is 12.2. The number of nitrogens with one attached hydrogen (secondary N) is 2. The maximum absolute atomic E-state index is 13.6. The number of benzene rings is 1. The molecule has 2 aliphatic heterocycles. The Labute approximate surface area is 208 Å². The molecule has 2 N–H and O–H groups in total. The summed E-state index contributed by atoms with van der Waals surface area (Å²) in [6.07, 6.45) is 3.47. The molecule has 0 radical (unpaired) electrons. The molecule has 2 fully saturated rings. The molecule has 3 aromatic rings. The Kier molecular flexibility index (Phi) is 6.43. The number of morpholine rings is 2. The number of anilines is 1. The fourth-order valence-electron chi connectivity index (χ4n) is 4.95. The second kappa shape index (κ2) is 9.39. The Morgan fingerprint density at radius 2 is 2.03 bits per heavy atom. The van der Waals surface area contributed by atoms with Crippen LogP contribution in [0.15, 0.2) is 30.6 Å². The van der Waals surface area contributed by atoms with Crippen LogP contribution in [0.3, 0.4) is 0 Å². The molecular weight excluding hydrogens is 470 g/mol. The van der Waals surface area contributed by atoms with E-state index in [1.54, 1.807) is 18.5 Å². The molecule has 35 heavy (non-hydrogen) atoms. The lowest BCUT2D eigenvalue weighted by Gasteiger charge is -2.46. The van der Waals surface area contributed by atoms with Crippen LogP contribution in [0, 0.1) is 0 Å². The van der Waals surface area contributed by atoms with Crippen molar-refractivity contribution < 1.29 is 19.1 Å². The summed E-state index contributed by atoms with van der Waals surface area (Å²) in [5.74, 6) is -0.250. The summed E-state index contributed by atoms with van der Waals surface area (Å²) in [7, 11) is 0. The summed E-state index contributed by atoms with van der Waals surface area (Å²) in [6, 6.07) is 4.39. The molecule has 0 spiro atoms. The van der Waals surface area contributed by atoms with Crippen LogP contribution in [-0.4, -0.2) is 88.7 Å². The number of H-pyrrole nitrogens is 1. The zero-order valence-electron chi connectivity index (χ0n) is 20.1. The van der Waals surface area contributed by atoms with Crippen LogP contribution < -0.4 is 5.32 Å². The molecule has 0 bridgehead atoms. The molecule has 5 rings (SSSR count).